The van der Waals surface area contributed by atoms with Gasteiger partial charge in [-0.3, -0.25) is 28.5 Å². The van der Waals surface area contributed by atoms with Gasteiger partial charge < -0.3 is 31.1 Å². The third kappa shape index (κ3) is 13.1. The Morgan fingerprint density at radius 1 is 0.864 bits per heavy atom. The Morgan fingerprint density at radius 2 is 1.39 bits per heavy atom. The normalized spacial score (nSPS) is 18.9. The zero-order chi connectivity index (χ0) is 34.0. The fourth-order valence-corrected chi connectivity index (χ4v) is 6.69. The van der Waals surface area contributed by atoms with E-state index in [9.17, 15) is 46.6 Å². The molecular formula is C28H49F3N5O7P. The lowest BCUT2D eigenvalue weighted by molar-refractivity contribution is -0.186. The number of rotatable bonds is 16. The van der Waals surface area contributed by atoms with E-state index in [-0.39, 0.29) is 50.0 Å². The summed E-state index contributed by atoms with van der Waals surface area (Å²) in [6.07, 6.45) is -5.49. The molecule has 44 heavy (non-hydrogen) atoms. The lowest BCUT2D eigenvalue weighted by Gasteiger charge is -2.28. The summed E-state index contributed by atoms with van der Waals surface area (Å²) < 4.78 is 52.2. The number of carbonyl (C=O) groups is 5. The second-order valence-electron chi connectivity index (χ2n) is 12.7. The van der Waals surface area contributed by atoms with Gasteiger partial charge in [-0.1, -0.05) is 41.5 Å². The molecular weight excluding hydrogens is 606 g/mol. The predicted octanol–water partition coefficient (Wildman–Crippen LogP) is 2.35. The van der Waals surface area contributed by atoms with E-state index in [0.717, 1.165) is 0 Å². The molecule has 5 atom stereocenters. The Bertz CT molecular complexity index is 1070. The van der Waals surface area contributed by atoms with Crippen LogP contribution in [0.15, 0.2) is 0 Å². The van der Waals surface area contributed by atoms with Gasteiger partial charge in [0.2, 0.25) is 31.0 Å². The van der Waals surface area contributed by atoms with Gasteiger partial charge in [0, 0.05) is 25.7 Å². The number of amides is 5. The van der Waals surface area contributed by atoms with Crippen molar-refractivity contribution in [3.63, 3.8) is 0 Å². The molecule has 0 bridgehead atoms. The molecule has 0 aliphatic carbocycles. The van der Waals surface area contributed by atoms with Crippen LogP contribution in [0.5, 0.6) is 0 Å². The summed E-state index contributed by atoms with van der Waals surface area (Å²) >= 11 is 0. The molecule has 0 aromatic carbocycles. The number of nitrogens with zero attached hydrogens (tertiary/aromatic N) is 1. The van der Waals surface area contributed by atoms with E-state index in [4.69, 9.17) is 0 Å². The fourth-order valence-electron chi connectivity index (χ4n) is 5.15. The van der Waals surface area contributed by atoms with E-state index >= 15 is 0 Å². The second kappa shape index (κ2) is 17.1. The van der Waals surface area contributed by atoms with Crippen molar-refractivity contribution in [1.29, 1.82) is 0 Å². The summed E-state index contributed by atoms with van der Waals surface area (Å²) in [5.41, 5.74) is 0. The van der Waals surface area contributed by atoms with E-state index in [0.29, 0.717) is 11.3 Å². The van der Waals surface area contributed by atoms with Gasteiger partial charge >= 0.3 is 12.1 Å². The Labute approximate surface area is 257 Å². The molecule has 5 N–H and O–H groups in total. The van der Waals surface area contributed by atoms with Gasteiger partial charge in [0.05, 0.1) is 6.29 Å². The molecule has 1 saturated heterocycles. The highest BCUT2D eigenvalue weighted by Crippen LogP contribution is 2.42. The average molecular weight is 656 g/mol. The van der Waals surface area contributed by atoms with Gasteiger partial charge in [-0.15, -0.1) is 0 Å². The summed E-state index contributed by atoms with van der Waals surface area (Å²) in [6, 6.07) is -3.48. The molecule has 0 aromatic heterocycles. The average Bonchev–Trinajstić information content (AvgIpc) is 3.38. The van der Waals surface area contributed by atoms with Crippen LogP contribution >= 0.6 is 7.37 Å². The number of likely N-dealkylation sites (N-methyl/N-ethyl adjacent to an activating group) is 1. The van der Waals surface area contributed by atoms with Crippen molar-refractivity contribution in [2.75, 3.05) is 26.0 Å². The van der Waals surface area contributed by atoms with Crippen LogP contribution in [0.3, 0.4) is 0 Å². The van der Waals surface area contributed by atoms with Gasteiger partial charge in [-0.25, -0.2) is 0 Å². The van der Waals surface area contributed by atoms with Crippen molar-refractivity contribution < 1.29 is 46.6 Å². The molecule has 2 unspecified atom stereocenters. The van der Waals surface area contributed by atoms with Crippen LogP contribution in [-0.2, 0) is 28.5 Å². The molecule has 0 saturated carbocycles. The van der Waals surface area contributed by atoms with Crippen LogP contribution in [0.25, 0.3) is 0 Å². The SMILES string of the molecule is CNC(=O)[C@H](CC(C)C)NC(=O)C(CC(C)C)CP(=O)(O)CNC(=O)[C@H](CC(C)C)NC(=O)[C@@H]1CCCN1C(=O)C(F)(F)F. The Morgan fingerprint density at radius 3 is 1.86 bits per heavy atom. The quantitative estimate of drug-likeness (QED) is 0.159. The molecule has 1 heterocycles. The van der Waals surface area contributed by atoms with Crippen LogP contribution in [0.2, 0.25) is 0 Å². The van der Waals surface area contributed by atoms with E-state index in [2.05, 4.69) is 21.3 Å². The fraction of sp³-hybridized carbons (Fsp3) is 0.821. The zero-order valence-electron chi connectivity index (χ0n) is 26.6. The number of nitrogens with one attached hydrogen (secondary N) is 4. The van der Waals surface area contributed by atoms with E-state index < -0.39 is 79.6 Å². The molecule has 16 heteroatoms. The topological polar surface area (TPSA) is 174 Å². The van der Waals surface area contributed by atoms with E-state index in [1.807, 2.05) is 27.7 Å². The number of halogens is 3. The Hall–Kier alpha value is -2.67. The van der Waals surface area contributed by atoms with Crippen LogP contribution in [0, 0.1) is 23.7 Å². The van der Waals surface area contributed by atoms with E-state index in [1.54, 1.807) is 13.8 Å². The summed E-state index contributed by atoms with van der Waals surface area (Å²) in [6.45, 7) is 10.7. The first kappa shape index (κ1) is 39.4. The number of likely N-dealkylation sites (tertiary alicyclic amines) is 1. The molecule has 1 aliphatic heterocycles. The highest BCUT2D eigenvalue weighted by Gasteiger charge is 2.48. The molecule has 5 amide bonds. The first-order valence-electron chi connectivity index (χ1n) is 15.0. The Kier molecular flexibility index (Phi) is 15.3. The minimum Gasteiger partial charge on any atom is -0.357 e. The highest BCUT2D eigenvalue weighted by molar-refractivity contribution is 7.58. The first-order valence-corrected chi connectivity index (χ1v) is 17.0. The molecule has 0 spiro atoms. The van der Waals surface area contributed by atoms with Gasteiger partial charge in [0.1, 0.15) is 18.1 Å². The largest absolute Gasteiger partial charge is 0.471 e. The van der Waals surface area contributed by atoms with Crippen molar-refractivity contribution in [2.45, 2.75) is 97.9 Å². The van der Waals surface area contributed by atoms with Gasteiger partial charge in [-0.05, 0) is 49.9 Å². The molecule has 12 nitrogen and oxygen atoms in total. The third-order valence-corrected chi connectivity index (χ3v) is 8.78. The minimum atomic E-state index is -5.15. The lowest BCUT2D eigenvalue weighted by atomic mass is 9.96. The summed E-state index contributed by atoms with van der Waals surface area (Å²) in [7, 11) is -2.73. The van der Waals surface area contributed by atoms with Crippen LogP contribution < -0.4 is 21.3 Å². The van der Waals surface area contributed by atoms with Crippen molar-refractivity contribution in [1.82, 2.24) is 26.2 Å². The zero-order valence-corrected chi connectivity index (χ0v) is 27.5. The summed E-state index contributed by atoms with van der Waals surface area (Å²) in [5.74, 6) is -5.87. The van der Waals surface area contributed by atoms with Gasteiger partial charge in [0.25, 0.3) is 0 Å². The van der Waals surface area contributed by atoms with Gasteiger partial charge in [-0.2, -0.15) is 13.2 Å². The van der Waals surface area contributed by atoms with Crippen LogP contribution in [0.1, 0.15) is 73.6 Å². The number of carbonyl (C=O) groups excluding carboxylic acids is 5. The van der Waals surface area contributed by atoms with Crippen molar-refractivity contribution >= 4 is 36.9 Å². The minimum absolute atomic E-state index is 0.00718. The Balaban J connectivity index is 2.99. The second-order valence-corrected chi connectivity index (χ2v) is 15.1. The van der Waals surface area contributed by atoms with E-state index in [1.165, 1.54) is 7.05 Å². The maximum atomic E-state index is 13.2. The molecule has 1 rings (SSSR count). The lowest BCUT2D eigenvalue weighted by Crippen LogP contribution is -2.55. The first-order chi connectivity index (χ1) is 20.2. The summed E-state index contributed by atoms with van der Waals surface area (Å²) in [5, 5.41) is 9.95. The third-order valence-electron chi connectivity index (χ3n) is 7.12. The van der Waals surface area contributed by atoms with Crippen molar-refractivity contribution in [3.05, 3.63) is 0 Å². The van der Waals surface area contributed by atoms with Gasteiger partial charge in [0.15, 0.2) is 0 Å². The molecule has 254 valence electrons. The van der Waals surface area contributed by atoms with Crippen LogP contribution in [0.4, 0.5) is 13.2 Å². The highest BCUT2D eigenvalue weighted by atomic mass is 31.2. The predicted molar refractivity (Wildman–Crippen MR) is 158 cm³/mol. The number of alkyl halides is 3. The van der Waals surface area contributed by atoms with Crippen LogP contribution in [-0.4, -0.2) is 89.7 Å². The van der Waals surface area contributed by atoms with Crippen molar-refractivity contribution in [2.24, 2.45) is 23.7 Å². The monoisotopic (exact) mass is 655 g/mol. The molecule has 1 fully saturated rings. The maximum Gasteiger partial charge on any atom is 0.471 e. The molecule has 1 aliphatic rings. The standard InChI is InChI=1S/C28H49F3N5O7P/c1-16(2)11-19(23(37)34-20(12-17(3)4)24(38)32-7)14-44(42,43)15-33-25(39)21(13-18(5)6)35-26(40)22-9-8-10-36(22)27(41)28(29,30)31/h16-22H,8-15H2,1-7H3,(H,32,38)(H,33,39)(H,34,37)(H,35,40)(H,42,43)/t19?,20-,21-,22-/m0/s1. The number of hydrogen-bond donors (Lipinski definition) is 5. The number of hydrogen-bond acceptors (Lipinski definition) is 6. The molecule has 0 aromatic rings. The molecule has 0 radical (unpaired) electrons. The smallest absolute Gasteiger partial charge is 0.357 e. The maximum absolute atomic E-state index is 13.2. The summed E-state index contributed by atoms with van der Waals surface area (Å²) in [4.78, 5) is 74.4. The van der Waals surface area contributed by atoms with Crippen molar-refractivity contribution in [3.8, 4) is 0 Å².